The molecule has 118 valence electrons. The number of nitrogens with zero attached hydrogens (tertiary/aromatic N) is 1. The Balaban J connectivity index is 2.01. The molecule has 1 atom stereocenters. The maximum atomic E-state index is 5.99. The van der Waals surface area contributed by atoms with Crippen molar-refractivity contribution < 1.29 is 9.47 Å². The Bertz CT molecular complexity index is 586. The summed E-state index contributed by atoms with van der Waals surface area (Å²) in [5, 5.41) is 0.739. The maximum absolute atomic E-state index is 5.99. The Labute approximate surface area is 137 Å². The largest absolute Gasteiger partial charge is 0.497 e. The van der Waals surface area contributed by atoms with E-state index in [0.717, 1.165) is 28.6 Å². The van der Waals surface area contributed by atoms with Gasteiger partial charge in [0.25, 0.3) is 0 Å². The summed E-state index contributed by atoms with van der Waals surface area (Å²) < 4.78 is 11.3. The normalized spacial score (nSPS) is 12.0. The fraction of sp³-hybridized carbons (Fsp3) is 0.333. The zero-order valence-electron chi connectivity index (χ0n) is 13.3. The van der Waals surface area contributed by atoms with Gasteiger partial charge in [-0.2, -0.15) is 0 Å². The molecule has 2 aromatic carbocycles. The SMILES string of the molecule is CCN(c1cccc(OC)c1)C(C)OCc1ccc(Cl)cc1. The Kier molecular flexibility index (Phi) is 6.10. The molecular formula is C18H22ClNO2. The van der Waals surface area contributed by atoms with Crippen molar-refractivity contribution in [3.05, 3.63) is 59.1 Å². The van der Waals surface area contributed by atoms with Crippen LogP contribution in [0.3, 0.4) is 0 Å². The first kappa shape index (κ1) is 16.7. The van der Waals surface area contributed by atoms with Crippen LogP contribution >= 0.6 is 11.6 Å². The predicted molar refractivity (Wildman–Crippen MR) is 91.7 cm³/mol. The lowest BCUT2D eigenvalue weighted by molar-refractivity contribution is 0.0512. The summed E-state index contributed by atoms with van der Waals surface area (Å²) in [6.45, 7) is 5.58. The average Bonchev–Trinajstić information content (AvgIpc) is 2.55. The molecule has 0 aliphatic rings. The second-order valence-electron chi connectivity index (χ2n) is 5.02. The summed E-state index contributed by atoms with van der Waals surface area (Å²) in [4.78, 5) is 2.19. The molecule has 2 rings (SSSR count). The first-order chi connectivity index (χ1) is 10.6. The fourth-order valence-corrected chi connectivity index (χ4v) is 2.45. The zero-order chi connectivity index (χ0) is 15.9. The third-order valence-electron chi connectivity index (χ3n) is 3.57. The number of ether oxygens (including phenoxy) is 2. The van der Waals surface area contributed by atoms with Crippen molar-refractivity contribution in [2.24, 2.45) is 0 Å². The van der Waals surface area contributed by atoms with Crippen molar-refractivity contribution in [1.82, 2.24) is 0 Å². The van der Waals surface area contributed by atoms with Gasteiger partial charge in [-0.15, -0.1) is 0 Å². The summed E-state index contributed by atoms with van der Waals surface area (Å²) in [7, 11) is 1.68. The Morgan fingerprint density at radius 1 is 1.14 bits per heavy atom. The molecule has 0 aliphatic heterocycles. The Morgan fingerprint density at radius 2 is 1.86 bits per heavy atom. The van der Waals surface area contributed by atoms with E-state index in [-0.39, 0.29) is 6.23 Å². The van der Waals surface area contributed by atoms with Crippen LogP contribution in [-0.2, 0) is 11.3 Å². The molecule has 0 fully saturated rings. The third-order valence-corrected chi connectivity index (χ3v) is 3.82. The van der Waals surface area contributed by atoms with Crippen LogP contribution in [0.25, 0.3) is 0 Å². The molecule has 0 amide bonds. The van der Waals surface area contributed by atoms with Gasteiger partial charge in [0.15, 0.2) is 0 Å². The maximum Gasteiger partial charge on any atom is 0.127 e. The second kappa shape index (κ2) is 8.06. The molecule has 0 spiro atoms. The molecule has 0 aliphatic carbocycles. The summed E-state index contributed by atoms with van der Waals surface area (Å²) in [5.74, 6) is 0.848. The van der Waals surface area contributed by atoms with Crippen LogP contribution in [0, 0.1) is 0 Å². The quantitative estimate of drug-likeness (QED) is 0.688. The minimum atomic E-state index is -0.0345. The lowest BCUT2D eigenvalue weighted by Gasteiger charge is -2.30. The summed E-state index contributed by atoms with van der Waals surface area (Å²) in [6, 6.07) is 15.7. The van der Waals surface area contributed by atoms with Crippen LogP contribution in [0.1, 0.15) is 19.4 Å². The van der Waals surface area contributed by atoms with Crippen LogP contribution in [0.15, 0.2) is 48.5 Å². The van der Waals surface area contributed by atoms with Gasteiger partial charge in [-0.3, -0.25) is 0 Å². The highest BCUT2D eigenvalue weighted by atomic mass is 35.5. The fourth-order valence-electron chi connectivity index (χ4n) is 2.33. The average molecular weight is 320 g/mol. The first-order valence-electron chi connectivity index (χ1n) is 7.40. The van der Waals surface area contributed by atoms with Crippen molar-refractivity contribution in [3.8, 4) is 5.75 Å². The van der Waals surface area contributed by atoms with E-state index in [1.54, 1.807) is 7.11 Å². The van der Waals surface area contributed by atoms with Gasteiger partial charge in [0.1, 0.15) is 12.0 Å². The van der Waals surface area contributed by atoms with Gasteiger partial charge in [-0.25, -0.2) is 0 Å². The number of benzene rings is 2. The molecule has 0 aromatic heterocycles. The summed E-state index contributed by atoms with van der Waals surface area (Å²) in [5.41, 5.74) is 2.20. The van der Waals surface area contributed by atoms with Gasteiger partial charge < -0.3 is 14.4 Å². The van der Waals surface area contributed by atoms with Gasteiger partial charge in [0.2, 0.25) is 0 Å². The molecule has 0 N–H and O–H groups in total. The van der Waals surface area contributed by atoms with Crippen molar-refractivity contribution >= 4 is 17.3 Å². The van der Waals surface area contributed by atoms with E-state index in [2.05, 4.69) is 24.8 Å². The number of rotatable bonds is 7. The first-order valence-corrected chi connectivity index (χ1v) is 7.78. The van der Waals surface area contributed by atoms with E-state index >= 15 is 0 Å². The van der Waals surface area contributed by atoms with E-state index in [9.17, 15) is 0 Å². The lowest BCUT2D eigenvalue weighted by atomic mass is 10.2. The number of hydrogen-bond acceptors (Lipinski definition) is 3. The molecule has 22 heavy (non-hydrogen) atoms. The minimum Gasteiger partial charge on any atom is -0.497 e. The van der Waals surface area contributed by atoms with E-state index in [4.69, 9.17) is 21.1 Å². The van der Waals surface area contributed by atoms with E-state index in [1.165, 1.54) is 0 Å². The van der Waals surface area contributed by atoms with Crippen molar-refractivity contribution in [2.45, 2.75) is 26.7 Å². The highest BCUT2D eigenvalue weighted by molar-refractivity contribution is 6.30. The molecule has 1 unspecified atom stereocenters. The highest BCUT2D eigenvalue weighted by Crippen LogP contribution is 2.23. The summed E-state index contributed by atoms with van der Waals surface area (Å²) >= 11 is 5.89. The molecule has 0 saturated carbocycles. The predicted octanol–water partition coefficient (Wildman–Crippen LogP) is 4.74. The van der Waals surface area contributed by atoms with Crippen molar-refractivity contribution in [1.29, 1.82) is 0 Å². The van der Waals surface area contributed by atoms with E-state index < -0.39 is 0 Å². The van der Waals surface area contributed by atoms with Crippen LogP contribution < -0.4 is 9.64 Å². The zero-order valence-corrected chi connectivity index (χ0v) is 14.0. The van der Waals surface area contributed by atoms with Crippen LogP contribution in [-0.4, -0.2) is 19.9 Å². The summed E-state index contributed by atoms with van der Waals surface area (Å²) in [6.07, 6.45) is -0.0345. The molecule has 4 heteroatoms. The van der Waals surface area contributed by atoms with Crippen LogP contribution in [0.5, 0.6) is 5.75 Å². The Hall–Kier alpha value is -1.71. The minimum absolute atomic E-state index is 0.0345. The van der Waals surface area contributed by atoms with Gasteiger partial charge in [-0.05, 0) is 43.7 Å². The lowest BCUT2D eigenvalue weighted by Crippen LogP contribution is -2.34. The van der Waals surface area contributed by atoms with Gasteiger partial charge in [0, 0.05) is 23.3 Å². The molecular weight excluding hydrogens is 298 g/mol. The molecule has 0 radical (unpaired) electrons. The van der Waals surface area contributed by atoms with Crippen LogP contribution in [0.4, 0.5) is 5.69 Å². The number of hydrogen-bond donors (Lipinski definition) is 0. The van der Waals surface area contributed by atoms with Crippen molar-refractivity contribution in [3.63, 3.8) is 0 Å². The second-order valence-corrected chi connectivity index (χ2v) is 5.46. The Morgan fingerprint density at radius 3 is 2.50 bits per heavy atom. The molecule has 3 nitrogen and oxygen atoms in total. The van der Waals surface area contributed by atoms with Gasteiger partial charge in [-0.1, -0.05) is 29.8 Å². The van der Waals surface area contributed by atoms with Crippen LogP contribution in [0.2, 0.25) is 5.02 Å². The number of halogens is 1. The van der Waals surface area contributed by atoms with Gasteiger partial charge >= 0.3 is 0 Å². The number of methoxy groups -OCH3 is 1. The van der Waals surface area contributed by atoms with Gasteiger partial charge in [0.05, 0.1) is 13.7 Å². The van der Waals surface area contributed by atoms with Crippen molar-refractivity contribution in [2.75, 3.05) is 18.6 Å². The molecule has 0 heterocycles. The number of anilines is 1. The van der Waals surface area contributed by atoms with E-state index in [1.807, 2.05) is 42.5 Å². The molecule has 0 saturated heterocycles. The standard InChI is InChI=1S/C18H22ClNO2/c1-4-20(17-6-5-7-18(12-17)21-3)14(2)22-13-15-8-10-16(19)11-9-15/h5-12,14H,4,13H2,1-3H3. The molecule has 2 aromatic rings. The van der Waals surface area contributed by atoms with E-state index in [0.29, 0.717) is 6.61 Å². The highest BCUT2D eigenvalue weighted by Gasteiger charge is 2.14. The smallest absolute Gasteiger partial charge is 0.127 e. The third kappa shape index (κ3) is 4.39. The molecule has 0 bridgehead atoms. The topological polar surface area (TPSA) is 21.7 Å². The monoisotopic (exact) mass is 319 g/mol.